The molecule has 29 heavy (non-hydrogen) atoms. The zero-order chi connectivity index (χ0) is 21.1. The Bertz CT molecular complexity index is 714. The summed E-state index contributed by atoms with van der Waals surface area (Å²) in [6, 6.07) is 8.79. The summed E-state index contributed by atoms with van der Waals surface area (Å²) in [4.78, 5) is 26.4. The number of methoxy groups -OCH3 is 3. The van der Waals surface area contributed by atoms with Crippen molar-refractivity contribution in [3.05, 3.63) is 35.9 Å². The van der Waals surface area contributed by atoms with Gasteiger partial charge in [-0.25, -0.2) is 9.69 Å². The van der Waals surface area contributed by atoms with Gasteiger partial charge in [0, 0.05) is 21.3 Å². The van der Waals surface area contributed by atoms with Crippen molar-refractivity contribution in [1.29, 1.82) is 0 Å². The number of aliphatic hydroxyl groups excluding tert-OH is 1. The number of imide groups is 1. The van der Waals surface area contributed by atoms with E-state index >= 15 is 0 Å². The van der Waals surface area contributed by atoms with Gasteiger partial charge in [0.15, 0.2) is 12.3 Å². The van der Waals surface area contributed by atoms with Crippen LogP contribution in [0.15, 0.2) is 30.3 Å². The van der Waals surface area contributed by atoms with Gasteiger partial charge in [0.25, 0.3) is 0 Å². The van der Waals surface area contributed by atoms with Crippen molar-refractivity contribution in [3.8, 4) is 0 Å². The van der Waals surface area contributed by atoms with Crippen LogP contribution in [0.2, 0.25) is 0 Å². The van der Waals surface area contributed by atoms with Gasteiger partial charge in [-0.2, -0.15) is 0 Å². The minimum absolute atomic E-state index is 0.242. The fraction of sp³-hybridized carbons (Fsp3) is 0.600. The van der Waals surface area contributed by atoms with Crippen molar-refractivity contribution in [2.24, 2.45) is 5.92 Å². The largest absolute Gasteiger partial charge is 0.438 e. The summed E-state index contributed by atoms with van der Waals surface area (Å²) in [7, 11) is 4.52. The molecule has 2 aliphatic heterocycles. The first-order valence-corrected chi connectivity index (χ1v) is 9.41. The lowest BCUT2D eigenvalue weighted by molar-refractivity contribution is -0.153. The predicted octanol–water partition coefficient (Wildman–Crippen LogP) is 1.10. The van der Waals surface area contributed by atoms with Gasteiger partial charge in [-0.3, -0.25) is 4.79 Å². The lowest BCUT2D eigenvalue weighted by Crippen LogP contribution is -2.45. The first-order valence-electron chi connectivity index (χ1n) is 9.41. The molecule has 2 fully saturated rings. The molecule has 1 aromatic rings. The molecule has 9 heteroatoms. The first kappa shape index (κ1) is 21.7. The molecule has 0 bridgehead atoms. The van der Waals surface area contributed by atoms with E-state index in [1.54, 1.807) is 31.2 Å². The molecule has 2 saturated heterocycles. The fourth-order valence-corrected chi connectivity index (χ4v) is 3.81. The second-order valence-electron chi connectivity index (χ2n) is 7.12. The van der Waals surface area contributed by atoms with Gasteiger partial charge in [-0.15, -0.1) is 0 Å². The number of benzene rings is 1. The lowest BCUT2D eigenvalue weighted by atomic mass is 9.96. The third-order valence-electron chi connectivity index (χ3n) is 5.43. The summed E-state index contributed by atoms with van der Waals surface area (Å²) < 4.78 is 27.5. The lowest BCUT2D eigenvalue weighted by Gasteiger charge is -2.28. The van der Waals surface area contributed by atoms with Gasteiger partial charge in [0.05, 0.1) is 18.6 Å². The van der Waals surface area contributed by atoms with Crippen molar-refractivity contribution in [3.63, 3.8) is 0 Å². The number of ether oxygens (including phenoxy) is 5. The van der Waals surface area contributed by atoms with E-state index in [-0.39, 0.29) is 6.61 Å². The van der Waals surface area contributed by atoms with Crippen LogP contribution in [0.25, 0.3) is 0 Å². The summed E-state index contributed by atoms with van der Waals surface area (Å²) in [5, 5.41) is 10.6. The van der Waals surface area contributed by atoms with Gasteiger partial charge < -0.3 is 28.8 Å². The molecule has 0 unspecified atom stereocenters. The topological polar surface area (TPSA) is 104 Å². The third-order valence-corrected chi connectivity index (χ3v) is 5.43. The molecule has 0 saturated carbocycles. The number of aliphatic hydroxyl groups is 1. The van der Waals surface area contributed by atoms with Crippen LogP contribution in [0.3, 0.4) is 0 Å². The average Bonchev–Trinajstić information content (AvgIpc) is 3.24. The zero-order valence-corrected chi connectivity index (χ0v) is 16.9. The molecule has 2 heterocycles. The van der Waals surface area contributed by atoms with E-state index in [9.17, 15) is 14.7 Å². The molecule has 0 aromatic heterocycles. The van der Waals surface area contributed by atoms with Crippen LogP contribution in [-0.4, -0.2) is 80.6 Å². The minimum Gasteiger partial charge on any atom is -0.438 e. The van der Waals surface area contributed by atoms with Crippen LogP contribution in [0.4, 0.5) is 4.79 Å². The number of hydrogen-bond donors (Lipinski definition) is 1. The summed E-state index contributed by atoms with van der Waals surface area (Å²) in [5.41, 5.74) is 0.581. The summed E-state index contributed by atoms with van der Waals surface area (Å²) in [6.07, 6.45) is -5.36. The molecule has 1 aromatic carbocycles. The number of rotatable bonds is 8. The number of fused-ring (bicyclic) bond motifs is 1. The van der Waals surface area contributed by atoms with E-state index in [0.29, 0.717) is 5.56 Å². The highest BCUT2D eigenvalue weighted by atomic mass is 16.7. The van der Waals surface area contributed by atoms with Crippen LogP contribution in [0.1, 0.15) is 18.6 Å². The Morgan fingerprint density at radius 3 is 2.52 bits per heavy atom. The molecule has 0 spiro atoms. The average molecular weight is 409 g/mol. The van der Waals surface area contributed by atoms with Gasteiger partial charge in [0.2, 0.25) is 5.91 Å². The zero-order valence-electron chi connectivity index (χ0n) is 16.9. The molecule has 9 nitrogen and oxygen atoms in total. The maximum atomic E-state index is 13.1. The van der Waals surface area contributed by atoms with Gasteiger partial charge in [-0.05, 0) is 5.56 Å². The highest BCUT2D eigenvalue weighted by Gasteiger charge is 2.60. The van der Waals surface area contributed by atoms with Gasteiger partial charge in [-0.1, -0.05) is 37.3 Å². The predicted molar refractivity (Wildman–Crippen MR) is 99.8 cm³/mol. The SMILES string of the molecule is COC[C@@H](OC)[C@H]1O[C@H]2[C@H](OC(=O)N2C(=O)[C@@H](C)[C@H](O)c2ccccc2)[C@H]1OC. The Balaban J connectivity index is 1.79. The van der Waals surface area contributed by atoms with Gasteiger partial charge >= 0.3 is 6.09 Å². The smallest absolute Gasteiger partial charge is 0.419 e. The van der Waals surface area contributed by atoms with E-state index in [0.717, 1.165) is 4.90 Å². The normalized spacial score (nSPS) is 29.3. The second kappa shape index (κ2) is 9.19. The molecule has 3 rings (SSSR count). The molecule has 0 aliphatic carbocycles. The quantitative estimate of drug-likeness (QED) is 0.681. The van der Waals surface area contributed by atoms with Crippen molar-refractivity contribution < 1.29 is 38.4 Å². The standard InChI is InChI=1S/C20H27NO8/c1-11(14(22)12-8-6-5-7-9-12)18(23)21-19-17(29-20(21)24)16(27-4)15(28-19)13(26-3)10-25-2/h5-9,11,13-17,19,22H,10H2,1-4H3/t11-,13+,14-,15+,16-,17+,19-/m0/s1. The Labute approximate surface area is 169 Å². The van der Waals surface area contributed by atoms with Crippen molar-refractivity contribution in [1.82, 2.24) is 4.90 Å². The number of hydrogen-bond acceptors (Lipinski definition) is 8. The van der Waals surface area contributed by atoms with E-state index in [2.05, 4.69) is 0 Å². The summed E-state index contributed by atoms with van der Waals surface area (Å²) >= 11 is 0. The second-order valence-corrected chi connectivity index (χ2v) is 7.12. The van der Waals surface area contributed by atoms with Crippen LogP contribution in [0, 0.1) is 5.92 Å². The third kappa shape index (κ3) is 4.01. The molecule has 160 valence electrons. The van der Waals surface area contributed by atoms with E-state index in [1.807, 2.05) is 6.07 Å². The highest BCUT2D eigenvalue weighted by Crippen LogP contribution is 2.38. The molecule has 7 atom stereocenters. The van der Waals surface area contributed by atoms with E-state index in [1.165, 1.54) is 21.3 Å². The van der Waals surface area contributed by atoms with Crippen LogP contribution in [0.5, 0.6) is 0 Å². The maximum absolute atomic E-state index is 13.1. The number of amides is 2. The highest BCUT2D eigenvalue weighted by molar-refractivity contribution is 5.95. The molecular weight excluding hydrogens is 382 g/mol. The number of carbonyl (C=O) groups is 2. The summed E-state index contributed by atoms with van der Waals surface area (Å²) in [6.45, 7) is 1.80. The van der Waals surface area contributed by atoms with Crippen LogP contribution >= 0.6 is 0 Å². The molecule has 2 amide bonds. The van der Waals surface area contributed by atoms with Crippen molar-refractivity contribution >= 4 is 12.0 Å². The van der Waals surface area contributed by atoms with Crippen LogP contribution in [-0.2, 0) is 28.5 Å². The van der Waals surface area contributed by atoms with Gasteiger partial charge in [0.1, 0.15) is 18.3 Å². The monoisotopic (exact) mass is 409 g/mol. The molecule has 0 radical (unpaired) electrons. The first-order chi connectivity index (χ1) is 13.9. The Hall–Kier alpha value is -2.04. The Morgan fingerprint density at radius 2 is 1.93 bits per heavy atom. The van der Waals surface area contributed by atoms with Crippen molar-refractivity contribution in [2.75, 3.05) is 27.9 Å². The van der Waals surface area contributed by atoms with E-state index < -0.39 is 54.7 Å². The Kier molecular flexibility index (Phi) is 6.86. The Morgan fingerprint density at radius 1 is 1.24 bits per heavy atom. The fourth-order valence-electron chi connectivity index (χ4n) is 3.81. The molecular formula is C20H27NO8. The van der Waals surface area contributed by atoms with Crippen molar-refractivity contribution in [2.45, 2.75) is 43.7 Å². The molecule has 2 aliphatic rings. The molecule has 1 N–H and O–H groups in total. The van der Waals surface area contributed by atoms with Crippen LogP contribution < -0.4 is 0 Å². The van der Waals surface area contributed by atoms with E-state index in [4.69, 9.17) is 23.7 Å². The number of nitrogens with zero attached hydrogens (tertiary/aromatic N) is 1. The number of carbonyl (C=O) groups excluding carboxylic acids is 2. The maximum Gasteiger partial charge on any atom is 0.419 e. The summed E-state index contributed by atoms with van der Waals surface area (Å²) in [5.74, 6) is -1.47. The minimum atomic E-state index is -1.08.